The van der Waals surface area contributed by atoms with Crippen LogP contribution in [-0.4, -0.2) is 68.3 Å². The van der Waals surface area contributed by atoms with Crippen molar-refractivity contribution in [2.75, 3.05) is 26.2 Å². The highest BCUT2D eigenvalue weighted by atomic mass is 35.7. The number of nitrogens with zero attached hydrogens (tertiary/aromatic N) is 4. The zero-order valence-electron chi connectivity index (χ0n) is 25.5. The average Bonchev–Trinajstić information content (AvgIpc) is 3.48. The van der Waals surface area contributed by atoms with E-state index in [2.05, 4.69) is 24.0 Å². The van der Waals surface area contributed by atoms with E-state index in [1.165, 1.54) is 16.4 Å². The number of hydrogen-bond donors (Lipinski definition) is 0. The lowest BCUT2D eigenvalue weighted by Gasteiger charge is -2.34. The number of piperazine rings is 1. The molecule has 3 aromatic carbocycles. The number of carbonyl (C=O) groups excluding carboxylic acids is 1. The van der Waals surface area contributed by atoms with Gasteiger partial charge in [-0.05, 0) is 60.4 Å². The van der Waals surface area contributed by atoms with Crippen molar-refractivity contribution in [3.05, 3.63) is 95.4 Å². The molecule has 0 unspecified atom stereocenters. The van der Waals surface area contributed by atoms with Gasteiger partial charge in [0.05, 0.1) is 9.79 Å². The van der Waals surface area contributed by atoms with Crippen molar-refractivity contribution < 1.29 is 26.2 Å². The summed E-state index contributed by atoms with van der Waals surface area (Å²) in [4.78, 5) is 19.2. The SMILES string of the molecule is CCCc1ccc(S(=O)(=O)Cl)cc1.CCCc1ccc(S(=O)(=O)N2CCN(C(=O)c3ccc(-c4noc(C)n4)cc3)CC2)cc1. The molecule has 1 amide bonds. The van der Waals surface area contributed by atoms with Gasteiger partial charge in [0.15, 0.2) is 0 Å². The molecule has 0 N–H and O–H groups in total. The van der Waals surface area contributed by atoms with Crippen molar-refractivity contribution in [2.24, 2.45) is 0 Å². The zero-order chi connectivity index (χ0) is 32.6. The molecule has 0 aliphatic carbocycles. The summed E-state index contributed by atoms with van der Waals surface area (Å²) in [6.07, 6.45) is 3.95. The second-order valence-electron chi connectivity index (χ2n) is 10.6. The molecule has 0 spiro atoms. The molecule has 5 rings (SSSR count). The first-order valence-electron chi connectivity index (χ1n) is 14.7. The highest BCUT2D eigenvalue weighted by Gasteiger charge is 2.30. The van der Waals surface area contributed by atoms with Gasteiger partial charge in [-0.1, -0.05) is 68.2 Å². The van der Waals surface area contributed by atoms with Crippen molar-refractivity contribution in [1.82, 2.24) is 19.3 Å². The Labute approximate surface area is 269 Å². The van der Waals surface area contributed by atoms with Crippen LogP contribution < -0.4 is 0 Å². The molecule has 45 heavy (non-hydrogen) atoms. The van der Waals surface area contributed by atoms with E-state index >= 15 is 0 Å². The number of aromatic nitrogens is 2. The number of hydrogen-bond acceptors (Lipinski definition) is 8. The van der Waals surface area contributed by atoms with Gasteiger partial charge in [0.25, 0.3) is 15.0 Å². The van der Waals surface area contributed by atoms with Gasteiger partial charge in [0.2, 0.25) is 21.7 Å². The fourth-order valence-corrected chi connectivity index (χ4v) is 7.06. The molecule has 2 heterocycles. The van der Waals surface area contributed by atoms with Gasteiger partial charge in [0, 0.05) is 54.9 Å². The summed E-state index contributed by atoms with van der Waals surface area (Å²) in [5.74, 6) is 0.828. The maximum absolute atomic E-state index is 13.0. The largest absolute Gasteiger partial charge is 0.339 e. The Morgan fingerprint density at radius 1 is 0.778 bits per heavy atom. The summed E-state index contributed by atoms with van der Waals surface area (Å²) < 4.78 is 54.1. The highest BCUT2D eigenvalue weighted by molar-refractivity contribution is 8.13. The lowest BCUT2D eigenvalue weighted by atomic mass is 10.1. The topological polar surface area (TPSA) is 131 Å². The molecular weight excluding hydrogens is 636 g/mol. The predicted octanol–water partition coefficient (Wildman–Crippen LogP) is 5.71. The fraction of sp³-hybridized carbons (Fsp3) is 0.344. The molecule has 1 aliphatic rings. The van der Waals surface area contributed by atoms with Gasteiger partial charge in [-0.25, -0.2) is 16.8 Å². The van der Waals surface area contributed by atoms with Crippen LogP contribution in [0.3, 0.4) is 0 Å². The van der Waals surface area contributed by atoms with Gasteiger partial charge in [-0.3, -0.25) is 4.79 Å². The van der Waals surface area contributed by atoms with E-state index < -0.39 is 19.1 Å². The number of sulfonamides is 1. The monoisotopic (exact) mass is 672 g/mol. The summed E-state index contributed by atoms with van der Waals surface area (Å²) in [5.41, 5.74) is 3.56. The van der Waals surface area contributed by atoms with Gasteiger partial charge >= 0.3 is 0 Å². The third-order valence-electron chi connectivity index (χ3n) is 7.29. The van der Waals surface area contributed by atoms with Crippen molar-refractivity contribution in [3.63, 3.8) is 0 Å². The van der Waals surface area contributed by atoms with Gasteiger partial charge < -0.3 is 9.42 Å². The normalized spacial score (nSPS) is 14.1. The van der Waals surface area contributed by atoms with Crippen LogP contribution in [0, 0.1) is 6.92 Å². The summed E-state index contributed by atoms with van der Waals surface area (Å²) in [6.45, 7) is 7.11. The molecule has 0 saturated carbocycles. The minimum absolute atomic E-state index is 0.123. The van der Waals surface area contributed by atoms with Crippen molar-refractivity contribution >= 4 is 35.7 Å². The number of rotatable bonds is 9. The third-order valence-corrected chi connectivity index (χ3v) is 10.6. The van der Waals surface area contributed by atoms with E-state index in [-0.39, 0.29) is 23.9 Å². The Balaban J connectivity index is 0.000000297. The van der Waals surface area contributed by atoms with Crippen LogP contribution in [0.25, 0.3) is 11.4 Å². The number of carbonyl (C=O) groups is 1. The minimum Gasteiger partial charge on any atom is -0.339 e. The van der Waals surface area contributed by atoms with E-state index in [0.717, 1.165) is 42.4 Å². The van der Waals surface area contributed by atoms with E-state index in [1.54, 1.807) is 60.4 Å². The van der Waals surface area contributed by atoms with Crippen LogP contribution in [-0.2, 0) is 31.9 Å². The van der Waals surface area contributed by atoms with Gasteiger partial charge in [-0.15, -0.1) is 0 Å². The molecule has 0 atom stereocenters. The van der Waals surface area contributed by atoms with Crippen LogP contribution in [0.4, 0.5) is 0 Å². The third kappa shape index (κ3) is 9.00. The molecule has 0 bridgehead atoms. The van der Waals surface area contributed by atoms with Crippen LogP contribution in [0.5, 0.6) is 0 Å². The Morgan fingerprint density at radius 3 is 1.73 bits per heavy atom. The first-order valence-corrected chi connectivity index (χ1v) is 18.5. The quantitative estimate of drug-likeness (QED) is 0.207. The molecule has 1 aliphatic heterocycles. The molecule has 4 aromatic rings. The van der Waals surface area contributed by atoms with Crippen LogP contribution in [0.1, 0.15) is 54.1 Å². The summed E-state index contributed by atoms with van der Waals surface area (Å²) in [5, 5.41) is 3.88. The average molecular weight is 673 g/mol. The molecular formula is C32H37ClN4O6S2. The van der Waals surface area contributed by atoms with Crippen molar-refractivity contribution in [1.29, 1.82) is 0 Å². The van der Waals surface area contributed by atoms with Gasteiger partial charge in [-0.2, -0.15) is 9.29 Å². The lowest BCUT2D eigenvalue weighted by molar-refractivity contribution is 0.0698. The van der Waals surface area contributed by atoms with Crippen LogP contribution in [0.2, 0.25) is 0 Å². The second-order valence-corrected chi connectivity index (χ2v) is 15.1. The smallest absolute Gasteiger partial charge is 0.261 e. The summed E-state index contributed by atoms with van der Waals surface area (Å²) in [7, 11) is -1.97. The summed E-state index contributed by atoms with van der Waals surface area (Å²) in [6, 6.07) is 20.7. The predicted molar refractivity (Wildman–Crippen MR) is 173 cm³/mol. The van der Waals surface area contributed by atoms with Crippen molar-refractivity contribution in [3.8, 4) is 11.4 Å². The molecule has 0 radical (unpaired) electrons. The molecule has 1 fully saturated rings. The van der Waals surface area contributed by atoms with E-state index in [0.29, 0.717) is 35.3 Å². The summed E-state index contributed by atoms with van der Waals surface area (Å²) >= 11 is 0. The Bertz CT molecular complexity index is 1780. The Kier molecular flexibility index (Phi) is 11.5. The molecule has 10 nitrogen and oxygen atoms in total. The minimum atomic E-state index is -3.57. The van der Waals surface area contributed by atoms with Crippen molar-refractivity contribution in [2.45, 2.75) is 56.2 Å². The van der Waals surface area contributed by atoms with Crippen LogP contribution in [0.15, 0.2) is 87.1 Å². The fourth-order valence-electron chi connectivity index (χ4n) is 4.87. The second kappa shape index (κ2) is 15.1. The lowest BCUT2D eigenvalue weighted by Crippen LogP contribution is -2.50. The molecule has 13 heteroatoms. The standard InChI is InChI=1S/C23H26N4O4S.C9H11ClO2S/c1-3-4-18-5-11-21(12-6-18)32(29,30)27-15-13-26(14-16-27)23(28)20-9-7-19(8-10-20)22-24-17(2)31-25-22;1-2-3-8-4-6-9(7-5-8)13(10,11)12/h5-12H,3-4,13-16H2,1-2H3;4-7H,2-3H2,1H3. The van der Waals surface area contributed by atoms with E-state index in [1.807, 2.05) is 12.1 Å². The zero-order valence-corrected chi connectivity index (χ0v) is 27.9. The number of benzene rings is 3. The first-order chi connectivity index (χ1) is 21.4. The van der Waals surface area contributed by atoms with E-state index in [9.17, 15) is 21.6 Å². The Hall–Kier alpha value is -3.58. The van der Waals surface area contributed by atoms with Crippen LogP contribution >= 0.6 is 10.7 Å². The highest BCUT2D eigenvalue weighted by Crippen LogP contribution is 2.21. The maximum atomic E-state index is 13.0. The molecule has 1 aromatic heterocycles. The van der Waals surface area contributed by atoms with E-state index in [4.69, 9.17) is 15.2 Å². The van der Waals surface area contributed by atoms with Gasteiger partial charge in [0.1, 0.15) is 0 Å². The number of aryl methyl sites for hydroxylation is 3. The molecule has 240 valence electrons. The first kappa shape index (κ1) is 34.3. The number of amides is 1. The Morgan fingerprint density at radius 2 is 1.29 bits per heavy atom. The molecule has 1 saturated heterocycles. The maximum Gasteiger partial charge on any atom is 0.261 e. The number of halogens is 1.